The summed E-state index contributed by atoms with van der Waals surface area (Å²) in [5.41, 5.74) is 3.46. The normalized spacial score (nSPS) is 13.9. The molecule has 0 bridgehead atoms. The zero-order valence-electron chi connectivity index (χ0n) is 18.0. The zero-order chi connectivity index (χ0) is 22.7. The number of carbonyl (C=O) groups excluding carboxylic acids is 1. The molecule has 0 aliphatic carbocycles. The molecule has 0 radical (unpaired) electrons. The van der Waals surface area contributed by atoms with Gasteiger partial charge < -0.3 is 14.5 Å². The van der Waals surface area contributed by atoms with E-state index >= 15 is 0 Å². The second-order valence-electron chi connectivity index (χ2n) is 7.78. The van der Waals surface area contributed by atoms with Crippen molar-refractivity contribution in [2.45, 2.75) is 13.8 Å². The average Bonchev–Trinajstić information content (AvgIpc) is 2.81. The summed E-state index contributed by atoms with van der Waals surface area (Å²) in [4.78, 5) is 16.5. The fourth-order valence-electron chi connectivity index (χ4n) is 3.72. The Labute approximate surface area is 197 Å². The van der Waals surface area contributed by atoms with Crippen LogP contribution in [-0.4, -0.2) is 53.8 Å². The van der Waals surface area contributed by atoms with E-state index in [1.165, 1.54) is 0 Å². The van der Waals surface area contributed by atoms with E-state index < -0.39 is 0 Å². The van der Waals surface area contributed by atoms with E-state index in [4.69, 9.17) is 27.9 Å². The molecule has 8 heteroatoms. The predicted octanol–water partition coefficient (Wildman–Crippen LogP) is 4.79. The van der Waals surface area contributed by atoms with Crippen LogP contribution in [0.1, 0.15) is 11.1 Å². The van der Waals surface area contributed by atoms with E-state index in [2.05, 4.69) is 15.1 Å². The van der Waals surface area contributed by atoms with Gasteiger partial charge in [-0.3, -0.25) is 4.79 Å². The summed E-state index contributed by atoms with van der Waals surface area (Å²) in [5.74, 6) is 1.41. The number of amides is 1. The minimum absolute atomic E-state index is 0.00680. The third-order valence-electron chi connectivity index (χ3n) is 5.53. The number of piperazine rings is 1. The Bertz CT molecular complexity index is 1090. The van der Waals surface area contributed by atoms with Crippen molar-refractivity contribution < 1.29 is 9.53 Å². The van der Waals surface area contributed by atoms with Gasteiger partial charge in [-0.25, -0.2) is 0 Å². The van der Waals surface area contributed by atoms with E-state index in [0.29, 0.717) is 37.0 Å². The van der Waals surface area contributed by atoms with Crippen LogP contribution in [-0.2, 0) is 4.79 Å². The van der Waals surface area contributed by atoms with E-state index in [0.717, 1.165) is 33.2 Å². The van der Waals surface area contributed by atoms with Crippen LogP contribution >= 0.6 is 23.2 Å². The van der Waals surface area contributed by atoms with E-state index in [1.54, 1.807) is 0 Å². The number of anilines is 1. The molecule has 1 aliphatic heterocycles. The van der Waals surface area contributed by atoms with Crippen molar-refractivity contribution in [2.75, 3.05) is 37.7 Å². The molecule has 0 unspecified atom stereocenters. The van der Waals surface area contributed by atoms with Crippen LogP contribution in [0.15, 0.2) is 48.5 Å². The number of hydrogen-bond donors (Lipinski definition) is 0. The SMILES string of the molecule is Cc1cc(OCC(=O)N2CCN(c3ccc(-c4ccccc4Cl)nn3)CC2)cc(C)c1Cl. The molecule has 1 fully saturated rings. The van der Waals surface area contributed by atoms with Gasteiger partial charge in [0, 0.05) is 36.8 Å². The lowest BCUT2D eigenvalue weighted by Gasteiger charge is -2.35. The van der Waals surface area contributed by atoms with E-state index in [1.807, 2.05) is 67.3 Å². The van der Waals surface area contributed by atoms with Crippen LogP contribution < -0.4 is 9.64 Å². The Morgan fingerprint density at radius 2 is 1.66 bits per heavy atom. The highest BCUT2D eigenvalue weighted by atomic mass is 35.5. The van der Waals surface area contributed by atoms with Gasteiger partial charge in [0.05, 0.1) is 10.7 Å². The topological polar surface area (TPSA) is 58.6 Å². The number of halogens is 2. The number of carbonyl (C=O) groups is 1. The summed E-state index contributed by atoms with van der Waals surface area (Å²) < 4.78 is 5.72. The fourth-order valence-corrected chi connectivity index (χ4v) is 4.06. The fraction of sp³-hybridized carbons (Fsp3) is 0.292. The van der Waals surface area contributed by atoms with Crippen LogP contribution in [0.5, 0.6) is 5.75 Å². The Kier molecular flexibility index (Phi) is 6.82. The number of rotatable bonds is 5. The lowest BCUT2D eigenvalue weighted by molar-refractivity contribution is -0.133. The number of benzene rings is 2. The van der Waals surface area contributed by atoms with Crippen molar-refractivity contribution in [3.63, 3.8) is 0 Å². The Morgan fingerprint density at radius 1 is 0.969 bits per heavy atom. The summed E-state index contributed by atoms with van der Waals surface area (Å²) in [5, 5.41) is 10.1. The molecule has 6 nitrogen and oxygen atoms in total. The number of aromatic nitrogens is 2. The average molecular weight is 471 g/mol. The van der Waals surface area contributed by atoms with Crippen LogP contribution in [0.3, 0.4) is 0 Å². The molecule has 2 heterocycles. The first-order valence-electron chi connectivity index (χ1n) is 10.4. The highest BCUT2D eigenvalue weighted by Gasteiger charge is 2.22. The lowest BCUT2D eigenvalue weighted by Crippen LogP contribution is -2.50. The lowest BCUT2D eigenvalue weighted by atomic mass is 10.1. The quantitative estimate of drug-likeness (QED) is 0.536. The monoisotopic (exact) mass is 470 g/mol. The van der Waals surface area contributed by atoms with Crippen LogP contribution in [0.2, 0.25) is 10.0 Å². The van der Waals surface area contributed by atoms with Crippen LogP contribution in [0, 0.1) is 13.8 Å². The molecule has 4 rings (SSSR count). The number of nitrogens with zero attached hydrogens (tertiary/aromatic N) is 4. The Balaban J connectivity index is 1.31. The van der Waals surface area contributed by atoms with Gasteiger partial charge >= 0.3 is 0 Å². The zero-order valence-corrected chi connectivity index (χ0v) is 19.5. The van der Waals surface area contributed by atoms with Gasteiger partial charge in [0.15, 0.2) is 12.4 Å². The summed E-state index contributed by atoms with van der Waals surface area (Å²) >= 11 is 12.4. The molecule has 1 saturated heterocycles. The highest BCUT2D eigenvalue weighted by molar-refractivity contribution is 6.33. The molecular weight excluding hydrogens is 447 g/mol. The molecule has 1 aromatic heterocycles. The number of aryl methyl sites for hydroxylation is 2. The minimum atomic E-state index is -0.0324. The molecule has 32 heavy (non-hydrogen) atoms. The van der Waals surface area contributed by atoms with Gasteiger partial charge in [0.2, 0.25) is 0 Å². The third-order valence-corrected chi connectivity index (χ3v) is 6.45. The van der Waals surface area contributed by atoms with E-state index in [9.17, 15) is 4.79 Å². The Morgan fingerprint density at radius 3 is 2.28 bits per heavy atom. The van der Waals surface area contributed by atoms with Gasteiger partial charge in [-0.2, -0.15) is 0 Å². The molecule has 2 aromatic carbocycles. The molecule has 0 atom stereocenters. The van der Waals surface area contributed by atoms with Crippen molar-refractivity contribution in [1.29, 1.82) is 0 Å². The van der Waals surface area contributed by atoms with Crippen molar-refractivity contribution in [3.05, 3.63) is 69.7 Å². The molecule has 166 valence electrons. The molecule has 3 aromatic rings. The van der Waals surface area contributed by atoms with Crippen LogP contribution in [0.25, 0.3) is 11.3 Å². The van der Waals surface area contributed by atoms with Gasteiger partial charge in [-0.1, -0.05) is 41.4 Å². The van der Waals surface area contributed by atoms with E-state index in [-0.39, 0.29) is 12.5 Å². The van der Waals surface area contributed by atoms with Crippen molar-refractivity contribution in [1.82, 2.24) is 15.1 Å². The molecule has 0 spiro atoms. The second-order valence-corrected chi connectivity index (χ2v) is 8.57. The number of hydrogen-bond acceptors (Lipinski definition) is 5. The van der Waals surface area contributed by atoms with Gasteiger partial charge in [-0.05, 0) is 55.3 Å². The Hall–Kier alpha value is -2.83. The highest BCUT2D eigenvalue weighted by Crippen LogP contribution is 2.27. The summed E-state index contributed by atoms with van der Waals surface area (Å²) in [6, 6.07) is 15.1. The maximum Gasteiger partial charge on any atom is 0.260 e. The van der Waals surface area contributed by atoms with Gasteiger partial charge in [-0.15, -0.1) is 10.2 Å². The molecule has 0 N–H and O–H groups in total. The molecule has 0 saturated carbocycles. The minimum Gasteiger partial charge on any atom is -0.484 e. The first kappa shape index (κ1) is 22.4. The first-order valence-corrected chi connectivity index (χ1v) is 11.2. The van der Waals surface area contributed by atoms with Crippen molar-refractivity contribution in [3.8, 4) is 17.0 Å². The predicted molar refractivity (Wildman–Crippen MR) is 128 cm³/mol. The van der Waals surface area contributed by atoms with Gasteiger partial charge in [0.25, 0.3) is 5.91 Å². The maximum atomic E-state index is 12.6. The summed E-state index contributed by atoms with van der Waals surface area (Å²) in [7, 11) is 0. The molecule has 1 aliphatic rings. The summed E-state index contributed by atoms with van der Waals surface area (Å²) in [6.45, 7) is 6.44. The second kappa shape index (κ2) is 9.76. The molecular formula is C24H24Cl2N4O2. The van der Waals surface area contributed by atoms with Crippen molar-refractivity contribution in [2.24, 2.45) is 0 Å². The third kappa shape index (κ3) is 4.97. The van der Waals surface area contributed by atoms with Gasteiger partial charge in [0.1, 0.15) is 5.75 Å². The first-order chi connectivity index (χ1) is 15.4. The number of ether oxygens (including phenoxy) is 1. The van der Waals surface area contributed by atoms with Crippen LogP contribution in [0.4, 0.5) is 5.82 Å². The molecule has 1 amide bonds. The summed E-state index contributed by atoms with van der Waals surface area (Å²) in [6.07, 6.45) is 0. The largest absolute Gasteiger partial charge is 0.484 e. The van der Waals surface area contributed by atoms with Crippen molar-refractivity contribution >= 4 is 34.9 Å². The standard InChI is InChI=1S/C24H24Cl2N4O2/c1-16-13-18(14-17(2)24(16)26)32-15-23(31)30-11-9-29(10-12-30)22-8-7-21(27-28-22)19-5-3-4-6-20(19)25/h3-8,13-14H,9-12,15H2,1-2H3. The smallest absolute Gasteiger partial charge is 0.260 e. The maximum absolute atomic E-state index is 12.6.